The Kier molecular flexibility index (Phi) is 5.86. The molecule has 1 aromatic rings. The lowest BCUT2D eigenvalue weighted by Gasteiger charge is -2.32. The van der Waals surface area contributed by atoms with E-state index < -0.39 is 5.97 Å². The summed E-state index contributed by atoms with van der Waals surface area (Å²) in [4.78, 5) is 13.6. The van der Waals surface area contributed by atoms with Gasteiger partial charge in [0.1, 0.15) is 0 Å². The molecule has 0 bridgehead atoms. The van der Waals surface area contributed by atoms with Crippen LogP contribution in [0.2, 0.25) is 0 Å². The smallest absolute Gasteiger partial charge is 0.334 e. The summed E-state index contributed by atoms with van der Waals surface area (Å²) in [6.07, 6.45) is 0.386. The predicted molar refractivity (Wildman–Crippen MR) is 72.6 cm³/mol. The minimum atomic E-state index is -0.502. The molecule has 0 N–H and O–H groups in total. The average Bonchev–Trinajstić information content (AvgIpc) is 2.41. The molecule has 0 saturated heterocycles. The van der Waals surface area contributed by atoms with Gasteiger partial charge in [-0.1, -0.05) is 30.3 Å². The molecule has 0 aromatic heterocycles. The van der Waals surface area contributed by atoms with E-state index in [0.29, 0.717) is 19.5 Å². The number of carbonyl (C=O) groups excluding carboxylic acids is 1. The minimum absolute atomic E-state index is 0. The third kappa shape index (κ3) is 3.98. The summed E-state index contributed by atoms with van der Waals surface area (Å²) in [6, 6.07) is 10.0. The average molecular weight is 283 g/mol. The third-order valence-electron chi connectivity index (χ3n) is 3.05. The van der Waals surface area contributed by atoms with Crippen molar-refractivity contribution in [3.8, 4) is 0 Å². The van der Waals surface area contributed by atoms with Gasteiger partial charge in [-0.05, 0) is 12.0 Å². The highest BCUT2D eigenvalue weighted by atomic mass is 35.5. The summed E-state index contributed by atoms with van der Waals surface area (Å²) in [7, 11) is 1.30. The van der Waals surface area contributed by atoms with Gasteiger partial charge < -0.3 is 9.84 Å². The Balaban J connectivity index is 0.00000180. The van der Waals surface area contributed by atoms with Crippen molar-refractivity contribution in [3.05, 3.63) is 47.2 Å². The Morgan fingerprint density at radius 2 is 2.05 bits per heavy atom. The van der Waals surface area contributed by atoms with Crippen LogP contribution in [0.25, 0.3) is 0 Å². The Bertz CT molecular complexity index is 459. The molecule has 1 aliphatic heterocycles. The predicted octanol–water partition coefficient (Wildman–Crippen LogP) is 1.10. The Morgan fingerprint density at radius 1 is 1.37 bits per heavy atom. The van der Waals surface area contributed by atoms with Crippen molar-refractivity contribution in [2.45, 2.75) is 13.0 Å². The van der Waals surface area contributed by atoms with E-state index in [1.54, 1.807) is 0 Å². The van der Waals surface area contributed by atoms with Crippen LogP contribution in [0.15, 0.2) is 41.7 Å². The van der Waals surface area contributed by atoms with E-state index in [1.807, 2.05) is 30.3 Å². The first-order valence-electron chi connectivity index (χ1n) is 5.94. The van der Waals surface area contributed by atoms with Crippen LogP contribution in [-0.4, -0.2) is 31.1 Å². The SMILES string of the molecule is COC(=O)C1=C([O-])CCN(Cc2ccccc2)C1.Cl. The van der Waals surface area contributed by atoms with Gasteiger partial charge in [-0.3, -0.25) is 4.90 Å². The number of nitrogens with zero attached hydrogens (tertiary/aromatic N) is 1. The van der Waals surface area contributed by atoms with Crippen LogP contribution < -0.4 is 5.11 Å². The van der Waals surface area contributed by atoms with Gasteiger partial charge >= 0.3 is 5.97 Å². The van der Waals surface area contributed by atoms with Crippen molar-refractivity contribution in [2.75, 3.05) is 20.2 Å². The molecular formula is C14H17ClNO3-. The number of hydrogen-bond donors (Lipinski definition) is 0. The van der Waals surface area contributed by atoms with Gasteiger partial charge in [-0.25, -0.2) is 4.79 Å². The lowest BCUT2D eigenvalue weighted by atomic mass is 10.1. The van der Waals surface area contributed by atoms with E-state index in [1.165, 1.54) is 12.7 Å². The molecule has 0 fully saturated rings. The van der Waals surface area contributed by atoms with Gasteiger partial charge in [-0.2, -0.15) is 0 Å². The monoisotopic (exact) mass is 282 g/mol. The zero-order valence-electron chi connectivity index (χ0n) is 10.8. The van der Waals surface area contributed by atoms with Gasteiger partial charge in [-0.15, -0.1) is 18.2 Å². The number of carbonyl (C=O) groups is 1. The second kappa shape index (κ2) is 7.16. The van der Waals surface area contributed by atoms with Crippen molar-refractivity contribution in [1.82, 2.24) is 4.90 Å². The van der Waals surface area contributed by atoms with E-state index in [-0.39, 0.29) is 23.7 Å². The van der Waals surface area contributed by atoms with Crippen LogP contribution in [0.3, 0.4) is 0 Å². The van der Waals surface area contributed by atoms with E-state index >= 15 is 0 Å². The summed E-state index contributed by atoms with van der Waals surface area (Å²) in [5.41, 5.74) is 1.44. The van der Waals surface area contributed by atoms with E-state index in [9.17, 15) is 9.90 Å². The molecule has 1 aliphatic rings. The molecule has 1 aromatic carbocycles. The van der Waals surface area contributed by atoms with Crippen LogP contribution in [0, 0.1) is 0 Å². The van der Waals surface area contributed by atoms with Crippen LogP contribution in [0.5, 0.6) is 0 Å². The number of rotatable bonds is 3. The molecule has 1 heterocycles. The molecule has 0 spiro atoms. The summed E-state index contributed by atoms with van der Waals surface area (Å²) in [5, 5.41) is 11.6. The largest absolute Gasteiger partial charge is 0.875 e. The lowest BCUT2D eigenvalue weighted by Crippen LogP contribution is -2.36. The second-order valence-electron chi connectivity index (χ2n) is 4.34. The fraction of sp³-hybridized carbons (Fsp3) is 0.357. The summed E-state index contributed by atoms with van der Waals surface area (Å²) >= 11 is 0. The summed E-state index contributed by atoms with van der Waals surface area (Å²) in [6.45, 7) is 1.81. The zero-order valence-corrected chi connectivity index (χ0v) is 11.6. The Morgan fingerprint density at radius 3 is 2.68 bits per heavy atom. The fourth-order valence-corrected chi connectivity index (χ4v) is 2.08. The molecular weight excluding hydrogens is 266 g/mol. The molecule has 4 nitrogen and oxygen atoms in total. The molecule has 19 heavy (non-hydrogen) atoms. The van der Waals surface area contributed by atoms with E-state index in [4.69, 9.17) is 0 Å². The van der Waals surface area contributed by atoms with Crippen LogP contribution >= 0.6 is 12.4 Å². The highest BCUT2D eigenvalue weighted by molar-refractivity contribution is 5.89. The second-order valence-corrected chi connectivity index (χ2v) is 4.34. The third-order valence-corrected chi connectivity index (χ3v) is 3.05. The topological polar surface area (TPSA) is 52.6 Å². The van der Waals surface area contributed by atoms with Crippen molar-refractivity contribution in [3.63, 3.8) is 0 Å². The molecule has 5 heteroatoms. The molecule has 0 atom stereocenters. The van der Waals surface area contributed by atoms with E-state index in [0.717, 1.165) is 6.54 Å². The fourth-order valence-electron chi connectivity index (χ4n) is 2.08. The van der Waals surface area contributed by atoms with Crippen molar-refractivity contribution in [2.24, 2.45) is 0 Å². The highest BCUT2D eigenvalue weighted by Crippen LogP contribution is 2.17. The minimum Gasteiger partial charge on any atom is -0.875 e. The molecule has 0 radical (unpaired) electrons. The van der Waals surface area contributed by atoms with Gasteiger partial charge in [0.05, 0.1) is 7.11 Å². The maximum absolute atomic E-state index is 11.6. The molecule has 104 valence electrons. The number of esters is 1. The number of halogens is 1. The van der Waals surface area contributed by atoms with Gasteiger partial charge in [0, 0.05) is 25.2 Å². The van der Waals surface area contributed by atoms with Gasteiger partial charge in [0.25, 0.3) is 0 Å². The van der Waals surface area contributed by atoms with Crippen molar-refractivity contribution in [1.29, 1.82) is 0 Å². The number of ether oxygens (including phenoxy) is 1. The number of hydrogen-bond acceptors (Lipinski definition) is 4. The van der Waals surface area contributed by atoms with Crippen LogP contribution in [-0.2, 0) is 16.1 Å². The lowest BCUT2D eigenvalue weighted by molar-refractivity contribution is -0.310. The maximum Gasteiger partial charge on any atom is 0.334 e. The van der Waals surface area contributed by atoms with Gasteiger partial charge in [0.15, 0.2) is 0 Å². The zero-order chi connectivity index (χ0) is 13.0. The maximum atomic E-state index is 11.6. The number of methoxy groups -OCH3 is 1. The molecule has 0 unspecified atom stereocenters. The molecule has 2 rings (SSSR count). The van der Waals surface area contributed by atoms with Crippen LogP contribution in [0.4, 0.5) is 0 Å². The Hall–Kier alpha value is -1.52. The normalized spacial score (nSPS) is 15.8. The van der Waals surface area contributed by atoms with E-state index in [2.05, 4.69) is 9.64 Å². The highest BCUT2D eigenvalue weighted by Gasteiger charge is 2.20. The number of benzene rings is 1. The van der Waals surface area contributed by atoms with Gasteiger partial charge in [0.2, 0.25) is 0 Å². The van der Waals surface area contributed by atoms with Crippen molar-refractivity contribution >= 4 is 18.4 Å². The Labute approximate surface area is 119 Å². The first-order chi connectivity index (χ1) is 8.70. The van der Waals surface area contributed by atoms with Crippen molar-refractivity contribution < 1.29 is 14.6 Å². The molecule has 0 saturated carbocycles. The first kappa shape index (κ1) is 15.5. The first-order valence-corrected chi connectivity index (χ1v) is 5.94. The summed E-state index contributed by atoms with van der Waals surface area (Å²) < 4.78 is 4.64. The molecule has 0 amide bonds. The quantitative estimate of drug-likeness (QED) is 0.779. The standard InChI is InChI=1S/C14H17NO3.ClH/c1-18-14(17)12-10-15(8-7-13(12)16)9-11-5-3-2-4-6-11;/h2-6,16H,7-10H2,1H3;1H/p-1. The summed E-state index contributed by atoms with van der Waals surface area (Å²) in [5.74, 6) is -0.594. The van der Waals surface area contributed by atoms with Crippen LogP contribution in [0.1, 0.15) is 12.0 Å². The molecule has 0 aliphatic carbocycles.